The van der Waals surface area contributed by atoms with E-state index in [9.17, 15) is 0 Å². The molecular formula is C15H26IN3S2. The number of aliphatic imine (C=N–C) groups is 1. The molecule has 1 heterocycles. The molecule has 3 unspecified atom stereocenters. The monoisotopic (exact) mass is 439 g/mol. The second-order valence-corrected chi connectivity index (χ2v) is 7.50. The average Bonchev–Trinajstić information content (AvgIpc) is 3.13. The van der Waals surface area contributed by atoms with Crippen molar-refractivity contribution in [2.45, 2.75) is 43.4 Å². The van der Waals surface area contributed by atoms with Crippen LogP contribution in [0.15, 0.2) is 22.5 Å². The Kier molecular flexibility index (Phi) is 9.04. The minimum Gasteiger partial charge on any atom is -0.356 e. The number of nitrogens with zero attached hydrogens (tertiary/aromatic N) is 1. The van der Waals surface area contributed by atoms with Crippen LogP contribution >= 0.6 is 47.1 Å². The molecule has 0 aliphatic heterocycles. The average molecular weight is 439 g/mol. The molecule has 0 saturated heterocycles. The van der Waals surface area contributed by atoms with Crippen molar-refractivity contribution < 1.29 is 0 Å². The van der Waals surface area contributed by atoms with Crippen molar-refractivity contribution >= 4 is 53.0 Å². The maximum absolute atomic E-state index is 4.35. The van der Waals surface area contributed by atoms with Crippen molar-refractivity contribution in [1.82, 2.24) is 10.6 Å². The van der Waals surface area contributed by atoms with Gasteiger partial charge in [-0.05, 0) is 37.0 Å². The van der Waals surface area contributed by atoms with Crippen LogP contribution in [0.3, 0.4) is 0 Å². The van der Waals surface area contributed by atoms with E-state index in [-0.39, 0.29) is 24.0 Å². The van der Waals surface area contributed by atoms with Crippen LogP contribution < -0.4 is 10.6 Å². The summed E-state index contributed by atoms with van der Waals surface area (Å²) in [7, 11) is 1.85. The topological polar surface area (TPSA) is 36.4 Å². The largest absolute Gasteiger partial charge is 0.356 e. The molecule has 0 spiro atoms. The van der Waals surface area contributed by atoms with Gasteiger partial charge in [-0.15, -0.1) is 35.3 Å². The number of hydrogen-bond donors (Lipinski definition) is 2. The van der Waals surface area contributed by atoms with E-state index in [0.29, 0.717) is 12.0 Å². The number of nitrogens with one attached hydrogen (secondary N) is 2. The highest BCUT2D eigenvalue weighted by Gasteiger charge is 2.24. The van der Waals surface area contributed by atoms with Crippen LogP contribution in [0.2, 0.25) is 0 Å². The normalized spacial score (nSPS) is 23.5. The van der Waals surface area contributed by atoms with Crippen LogP contribution in [0.25, 0.3) is 0 Å². The minimum absolute atomic E-state index is 0. The van der Waals surface area contributed by atoms with Crippen molar-refractivity contribution in [1.29, 1.82) is 0 Å². The van der Waals surface area contributed by atoms with Crippen LogP contribution in [-0.2, 0) is 0 Å². The summed E-state index contributed by atoms with van der Waals surface area (Å²) in [5, 5.41) is 9.97. The van der Waals surface area contributed by atoms with Gasteiger partial charge in [0.1, 0.15) is 0 Å². The first-order valence-corrected chi connectivity index (χ1v) is 9.43. The number of guanidine groups is 1. The standard InChI is InChI=1S/C15H25N3S2.HI/c1-11(14-5-4-8-20-14)10-17-15(16-2)18-12-6-7-13(9-12)19-3;/h4-5,8,11-13H,6-7,9-10H2,1-3H3,(H2,16,17,18);1H. The zero-order valence-corrected chi connectivity index (χ0v) is 16.9. The molecular weight excluding hydrogens is 413 g/mol. The van der Waals surface area contributed by atoms with Crippen LogP contribution in [0.5, 0.6) is 0 Å². The Morgan fingerprint density at radius 2 is 2.33 bits per heavy atom. The molecule has 1 aliphatic rings. The van der Waals surface area contributed by atoms with Crippen molar-refractivity contribution in [3.63, 3.8) is 0 Å². The third-order valence-corrected chi connectivity index (χ3v) is 6.09. The first-order valence-electron chi connectivity index (χ1n) is 7.26. The van der Waals surface area contributed by atoms with Gasteiger partial charge in [0.15, 0.2) is 5.96 Å². The van der Waals surface area contributed by atoms with E-state index in [1.54, 1.807) is 0 Å². The number of halogens is 1. The highest BCUT2D eigenvalue weighted by molar-refractivity contribution is 14.0. The van der Waals surface area contributed by atoms with Crippen LogP contribution in [0, 0.1) is 0 Å². The first kappa shape index (κ1) is 19.1. The summed E-state index contributed by atoms with van der Waals surface area (Å²) in [6, 6.07) is 4.90. The number of thioether (sulfide) groups is 1. The fourth-order valence-electron chi connectivity index (χ4n) is 2.60. The quantitative estimate of drug-likeness (QED) is 0.415. The van der Waals surface area contributed by atoms with Gasteiger partial charge in [-0.2, -0.15) is 11.8 Å². The number of hydrogen-bond acceptors (Lipinski definition) is 3. The van der Waals surface area contributed by atoms with Crippen LogP contribution in [0.4, 0.5) is 0 Å². The lowest BCUT2D eigenvalue weighted by molar-refractivity contribution is 0.607. The van der Waals surface area contributed by atoms with Crippen molar-refractivity contribution in [2.24, 2.45) is 4.99 Å². The highest BCUT2D eigenvalue weighted by atomic mass is 127. The molecule has 0 aromatic carbocycles. The molecule has 2 N–H and O–H groups in total. The Labute approximate surface area is 153 Å². The maximum Gasteiger partial charge on any atom is 0.191 e. The SMILES string of the molecule is CN=C(NCC(C)c1cccs1)NC1CCC(SC)C1.I. The smallest absolute Gasteiger partial charge is 0.191 e. The molecule has 6 heteroatoms. The van der Waals surface area contributed by atoms with Gasteiger partial charge in [-0.1, -0.05) is 13.0 Å². The van der Waals surface area contributed by atoms with E-state index in [1.807, 2.05) is 30.1 Å². The predicted molar refractivity (Wildman–Crippen MR) is 108 cm³/mol. The summed E-state index contributed by atoms with van der Waals surface area (Å²) in [6.07, 6.45) is 6.04. The third-order valence-electron chi connectivity index (χ3n) is 3.89. The first-order chi connectivity index (χ1) is 9.72. The van der Waals surface area contributed by atoms with Crippen LogP contribution in [0.1, 0.15) is 37.0 Å². The fourth-order valence-corrected chi connectivity index (χ4v) is 4.18. The lowest BCUT2D eigenvalue weighted by atomic mass is 10.1. The van der Waals surface area contributed by atoms with Gasteiger partial charge in [0.05, 0.1) is 0 Å². The van der Waals surface area contributed by atoms with Gasteiger partial charge < -0.3 is 10.6 Å². The van der Waals surface area contributed by atoms with Crippen molar-refractivity contribution in [2.75, 3.05) is 19.8 Å². The van der Waals surface area contributed by atoms with Gasteiger partial charge in [-0.25, -0.2) is 0 Å². The molecule has 0 amide bonds. The van der Waals surface area contributed by atoms with E-state index < -0.39 is 0 Å². The van der Waals surface area contributed by atoms with Gasteiger partial charge >= 0.3 is 0 Å². The third kappa shape index (κ3) is 5.98. The lowest BCUT2D eigenvalue weighted by Crippen LogP contribution is -2.43. The van der Waals surface area contributed by atoms with Gasteiger partial charge in [-0.3, -0.25) is 4.99 Å². The highest BCUT2D eigenvalue weighted by Crippen LogP contribution is 2.28. The zero-order chi connectivity index (χ0) is 14.4. The second-order valence-electron chi connectivity index (χ2n) is 5.38. The molecule has 120 valence electrons. The maximum atomic E-state index is 4.35. The zero-order valence-electron chi connectivity index (χ0n) is 13.0. The second kappa shape index (κ2) is 9.94. The summed E-state index contributed by atoms with van der Waals surface area (Å²) >= 11 is 3.81. The van der Waals surface area contributed by atoms with Crippen LogP contribution in [-0.4, -0.2) is 37.1 Å². The van der Waals surface area contributed by atoms with E-state index >= 15 is 0 Å². The molecule has 1 saturated carbocycles. The number of thiophene rings is 1. The van der Waals surface area contributed by atoms with E-state index in [0.717, 1.165) is 17.8 Å². The number of rotatable bonds is 5. The Bertz CT molecular complexity index is 423. The van der Waals surface area contributed by atoms with E-state index in [1.165, 1.54) is 24.1 Å². The molecule has 2 rings (SSSR count). The molecule has 3 atom stereocenters. The van der Waals surface area contributed by atoms with E-state index in [4.69, 9.17) is 0 Å². The van der Waals surface area contributed by atoms with Gasteiger partial charge in [0.2, 0.25) is 0 Å². The fraction of sp³-hybridized carbons (Fsp3) is 0.667. The Morgan fingerprint density at radius 1 is 1.52 bits per heavy atom. The molecule has 0 bridgehead atoms. The van der Waals surface area contributed by atoms with Gasteiger partial charge in [0.25, 0.3) is 0 Å². The lowest BCUT2D eigenvalue weighted by Gasteiger charge is -2.19. The molecule has 1 fully saturated rings. The summed E-state index contributed by atoms with van der Waals surface area (Å²) in [4.78, 5) is 5.77. The Morgan fingerprint density at radius 3 is 2.90 bits per heavy atom. The van der Waals surface area contributed by atoms with E-state index in [2.05, 4.69) is 46.3 Å². The minimum atomic E-state index is 0. The van der Waals surface area contributed by atoms with Crippen molar-refractivity contribution in [3.8, 4) is 0 Å². The summed E-state index contributed by atoms with van der Waals surface area (Å²) in [5.41, 5.74) is 0. The van der Waals surface area contributed by atoms with Gasteiger partial charge in [0, 0.05) is 35.7 Å². The van der Waals surface area contributed by atoms with Crippen molar-refractivity contribution in [3.05, 3.63) is 22.4 Å². The molecule has 1 aromatic heterocycles. The molecule has 1 aliphatic carbocycles. The molecule has 3 nitrogen and oxygen atoms in total. The molecule has 21 heavy (non-hydrogen) atoms. The summed E-state index contributed by atoms with van der Waals surface area (Å²) in [5.74, 6) is 1.47. The molecule has 0 radical (unpaired) electrons. The Balaban J connectivity index is 0.00000220. The predicted octanol–water partition coefficient (Wildman–Crippen LogP) is 3.92. The Hall–Kier alpha value is 0.0500. The molecule has 1 aromatic rings. The summed E-state index contributed by atoms with van der Waals surface area (Å²) in [6.45, 7) is 3.18. The summed E-state index contributed by atoms with van der Waals surface area (Å²) < 4.78 is 0.